The van der Waals surface area contributed by atoms with Crippen LogP contribution in [0, 0.1) is 13.8 Å². The van der Waals surface area contributed by atoms with Crippen molar-refractivity contribution in [3.8, 4) is 5.75 Å². The fourth-order valence-electron chi connectivity index (χ4n) is 3.06. The molecule has 0 amide bonds. The average Bonchev–Trinajstić information content (AvgIpc) is 3.23. The van der Waals surface area contributed by atoms with Crippen LogP contribution in [0.2, 0.25) is 0 Å². The lowest BCUT2D eigenvalue weighted by atomic mass is 10.1. The number of nitrogens with zero attached hydrogens (tertiary/aromatic N) is 2. The van der Waals surface area contributed by atoms with Crippen molar-refractivity contribution in [1.29, 1.82) is 0 Å². The summed E-state index contributed by atoms with van der Waals surface area (Å²) in [5.74, 6) is -0.156. The van der Waals surface area contributed by atoms with Crippen molar-refractivity contribution < 1.29 is 27.1 Å². The van der Waals surface area contributed by atoms with Gasteiger partial charge in [0.2, 0.25) is 4.34 Å². The molecule has 7 nitrogen and oxygen atoms in total. The highest BCUT2D eigenvalue weighted by atomic mass is 32.2. The summed E-state index contributed by atoms with van der Waals surface area (Å²) in [6.45, 7) is 4.55. The van der Waals surface area contributed by atoms with E-state index in [2.05, 4.69) is 4.98 Å². The first-order chi connectivity index (χ1) is 15.6. The Labute approximate surface area is 196 Å². The summed E-state index contributed by atoms with van der Waals surface area (Å²) < 4.78 is 52.4. The van der Waals surface area contributed by atoms with Crippen LogP contribution >= 0.6 is 11.3 Å². The number of carbonyl (C=O) groups is 1. The molecule has 10 heteroatoms. The maximum atomic E-state index is 14.1. The number of alkyl halides is 1. The van der Waals surface area contributed by atoms with Crippen molar-refractivity contribution in [2.45, 2.75) is 37.9 Å². The van der Waals surface area contributed by atoms with Crippen LogP contribution in [0.5, 0.6) is 5.75 Å². The maximum Gasteiger partial charge on any atom is 0.337 e. The number of hydrogen-bond acceptors (Lipinski definition) is 7. The van der Waals surface area contributed by atoms with Crippen LogP contribution in [0.1, 0.15) is 34.1 Å². The Balaban J connectivity index is 1.94. The van der Waals surface area contributed by atoms with Gasteiger partial charge in [0.1, 0.15) is 18.5 Å². The van der Waals surface area contributed by atoms with Gasteiger partial charge in [-0.2, -0.15) is 8.42 Å². The Kier molecular flexibility index (Phi) is 7.70. The SMILES string of the molecule is COC(=O)c1ccc(COc2ccc(C)cc2N(CC(C)F)S(=O)(=O)c2nc(C)cs2)cc1. The molecule has 0 fully saturated rings. The summed E-state index contributed by atoms with van der Waals surface area (Å²) >= 11 is 0.991. The van der Waals surface area contributed by atoms with E-state index in [1.54, 1.807) is 54.8 Å². The van der Waals surface area contributed by atoms with E-state index in [-0.39, 0.29) is 28.9 Å². The number of thiazole rings is 1. The van der Waals surface area contributed by atoms with Crippen LogP contribution in [0.3, 0.4) is 0 Å². The minimum Gasteiger partial charge on any atom is -0.487 e. The first-order valence-electron chi connectivity index (χ1n) is 10.1. The van der Waals surface area contributed by atoms with E-state index in [4.69, 9.17) is 9.47 Å². The Hall–Kier alpha value is -2.98. The molecule has 1 atom stereocenters. The highest BCUT2D eigenvalue weighted by Crippen LogP contribution is 2.35. The molecule has 2 aromatic carbocycles. The van der Waals surface area contributed by atoms with E-state index in [0.29, 0.717) is 11.3 Å². The Morgan fingerprint density at radius 3 is 2.45 bits per heavy atom. The van der Waals surface area contributed by atoms with Crippen molar-refractivity contribution >= 4 is 33.0 Å². The van der Waals surface area contributed by atoms with E-state index in [9.17, 15) is 17.6 Å². The smallest absolute Gasteiger partial charge is 0.337 e. The topological polar surface area (TPSA) is 85.8 Å². The van der Waals surface area contributed by atoms with Crippen LogP contribution in [0.15, 0.2) is 52.2 Å². The molecule has 0 aliphatic heterocycles. The molecule has 3 rings (SSSR count). The van der Waals surface area contributed by atoms with Gasteiger partial charge in [-0.1, -0.05) is 18.2 Å². The van der Waals surface area contributed by atoms with Gasteiger partial charge in [0.05, 0.1) is 24.9 Å². The number of aromatic nitrogens is 1. The number of hydrogen-bond donors (Lipinski definition) is 0. The fourth-order valence-corrected chi connectivity index (χ4v) is 5.73. The maximum absolute atomic E-state index is 14.1. The lowest BCUT2D eigenvalue weighted by molar-refractivity contribution is 0.0600. The Bertz CT molecular complexity index is 1220. The second-order valence-corrected chi connectivity index (χ2v) is 10.4. The summed E-state index contributed by atoms with van der Waals surface area (Å²) in [6, 6.07) is 11.8. The van der Waals surface area contributed by atoms with Gasteiger partial charge in [-0.15, -0.1) is 11.3 Å². The number of methoxy groups -OCH3 is 1. The Morgan fingerprint density at radius 1 is 1.18 bits per heavy atom. The molecule has 0 aliphatic carbocycles. The normalized spacial score (nSPS) is 12.3. The van der Waals surface area contributed by atoms with Gasteiger partial charge >= 0.3 is 5.97 Å². The van der Waals surface area contributed by atoms with Crippen LogP contribution in [-0.4, -0.2) is 39.2 Å². The molecule has 1 heterocycles. The third-order valence-electron chi connectivity index (χ3n) is 4.68. The standard InChI is InChI=1S/C23H25FN2O5S2/c1-15-5-10-21(31-13-18-6-8-19(9-7-18)22(27)30-4)20(11-15)26(12-16(2)24)33(28,29)23-25-17(3)14-32-23/h5-11,14,16H,12-13H2,1-4H3. The summed E-state index contributed by atoms with van der Waals surface area (Å²) in [7, 11) is -2.79. The number of benzene rings is 2. The van der Waals surface area contributed by atoms with Gasteiger partial charge in [-0.25, -0.2) is 14.2 Å². The van der Waals surface area contributed by atoms with Crippen LogP contribution < -0.4 is 9.04 Å². The predicted molar refractivity (Wildman–Crippen MR) is 125 cm³/mol. The quantitative estimate of drug-likeness (QED) is 0.403. The monoisotopic (exact) mass is 492 g/mol. The number of sulfonamides is 1. The zero-order valence-electron chi connectivity index (χ0n) is 18.7. The molecular weight excluding hydrogens is 467 g/mol. The van der Waals surface area contributed by atoms with E-state index >= 15 is 0 Å². The molecule has 1 unspecified atom stereocenters. The van der Waals surface area contributed by atoms with Gasteiger partial charge in [0.15, 0.2) is 0 Å². The zero-order chi connectivity index (χ0) is 24.2. The highest BCUT2D eigenvalue weighted by Gasteiger charge is 2.31. The molecule has 0 N–H and O–H groups in total. The summed E-state index contributed by atoms with van der Waals surface area (Å²) in [5.41, 5.74) is 2.77. The number of esters is 1. The predicted octanol–water partition coefficient (Wildman–Crippen LogP) is 4.68. The van der Waals surface area contributed by atoms with Crippen molar-refractivity contribution in [3.05, 3.63) is 70.2 Å². The van der Waals surface area contributed by atoms with Crippen molar-refractivity contribution in [3.63, 3.8) is 0 Å². The van der Waals surface area contributed by atoms with E-state index in [1.165, 1.54) is 14.0 Å². The Morgan fingerprint density at radius 2 is 1.88 bits per heavy atom. The molecule has 0 saturated carbocycles. The number of anilines is 1. The lowest BCUT2D eigenvalue weighted by Gasteiger charge is -2.26. The van der Waals surface area contributed by atoms with Gasteiger partial charge in [0.25, 0.3) is 10.0 Å². The van der Waals surface area contributed by atoms with E-state index in [1.807, 2.05) is 6.92 Å². The number of ether oxygens (including phenoxy) is 2. The molecule has 0 bridgehead atoms. The number of halogens is 1. The van der Waals surface area contributed by atoms with Crippen molar-refractivity contribution in [1.82, 2.24) is 4.98 Å². The minimum atomic E-state index is -4.10. The zero-order valence-corrected chi connectivity index (χ0v) is 20.4. The average molecular weight is 493 g/mol. The molecule has 33 heavy (non-hydrogen) atoms. The van der Waals surface area contributed by atoms with Gasteiger partial charge < -0.3 is 9.47 Å². The van der Waals surface area contributed by atoms with Crippen LogP contribution in [0.4, 0.5) is 10.1 Å². The minimum absolute atomic E-state index is 0.105. The van der Waals surface area contributed by atoms with Crippen molar-refractivity contribution in [2.24, 2.45) is 0 Å². The third kappa shape index (κ3) is 5.88. The molecule has 0 spiro atoms. The third-order valence-corrected chi connectivity index (χ3v) is 7.81. The number of rotatable bonds is 9. The molecule has 3 aromatic rings. The van der Waals surface area contributed by atoms with Gasteiger partial charge in [-0.05, 0) is 56.2 Å². The molecule has 0 aliphatic rings. The van der Waals surface area contributed by atoms with Gasteiger partial charge in [-0.3, -0.25) is 4.31 Å². The molecule has 0 saturated heterocycles. The second kappa shape index (κ2) is 10.3. The molecular formula is C23H25FN2O5S2. The molecule has 176 valence electrons. The first-order valence-corrected chi connectivity index (χ1v) is 12.4. The second-order valence-electron chi connectivity index (χ2n) is 7.52. The summed E-state index contributed by atoms with van der Waals surface area (Å²) in [4.78, 5) is 15.7. The first kappa shape index (κ1) is 24.7. The van der Waals surface area contributed by atoms with Crippen LogP contribution in [-0.2, 0) is 21.4 Å². The van der Waals surface area contributed by atoms with E-state index < -0.39 is 22.2 Å². The lowest BCUT2D eigenvalue weighted by Crippen LogP contribution is -2.36. The summed E-state index contributed by atoms with van der Waals surface area (Å²) in [5, 5.41) is 1.63. The largest absolute Gasteiger partial charge is 0.487 e. The van der Waals surface area contributed by atoms with E-state index in [0.717, 1.165) is 26.8 Å². The number of carbonyl (C=O) groups excluding carboxylic acids is 1. The highest BCUT2D eigenvalue weighted by molar-refractivity contribution is 7.94. The van der Waals surface area contributed by atoms with Crippen LogP contribution in [0.25, 0.3) is 0 Å². The fraction of sp³-hybridized carbons (Fsp3) is 0.304. The van der Waals surface area contributed by atoms with Gasteiger partial charge in [0, 0.05) is 11.1 Å². The molecule has 1 aromatic heterocycles. The van der Waals surface area contributed by atoms with Crippen molar-refractivity contribution in [2.75, 3.05) is 18.0 Å². The summed E-state index contributed by atoms with van der Waals surface area (Å²) in [6.07, 6.45) is -1.42. The number of aryl methyl sites for hydroxylation is 2. The molecule has 0 radical (unpaired) electrons.